The van der Waals surface area contributed by atoms with Crippen molar-refractivity contribution in [2.24, 2.45) is 0 Å². The van der Waals surface area contributed by atoms with Crippen LogP contribution in [0, 0.1) is 5.82 Å². The van der Waals surface area contributed by atoms with E-state index in [1.807, 2.05) is 6.92 Å². The first kappa shape index (κ1) is 18.9. The summed E-state index contributed by atoms with van der Waals surface area (Å²) in [6.07, 6.45) is 7.74. The summed E-state index contributed by atoms with van der Waals surface area (Å²) in [5.41, 5.74) is 0.151. The number of amides is 3. The number of carbonyl (C=O) groups excluding carboxylic acids is 2. The van der Waals surface area contributed by atoms with E-state index in [4.69, 9.17) is 0 Å². The smallest absolute Gasteiger partial charge is 0.315 e. The Bertz CT molecular complexity index is 800. The fourth-order valence-corrected chi connectivity index (χ4v) is 3.43. The van der Waals surface area contributed by atoms with Gasteiger partial charge in [0.25, 0.3) is 0 Å². The molecule has 1 fully saturated rings. The largest absolute Gasteiger partial charge is 0.350 e. The van der Waals surface area contributed by atoms with Crippen molar-refractivity contribution in [2.75, 3.05) is 6.54 Å². The zero-order chi connectivity index (χ0) is 19.3. The topological polar surface area (TPSA) is 88.0 Å². The summed E-state index contributed by atoms with van der Waals surface area (Å²) >= 11 is 0. The molecule has 0 aliphatic heterocycles. The van der Waals surface area contributed by atoms with Gasteiger partial charge in [0, 0.05) is 25.5 Å². The van der Waals surface area contributed by atoms with Gasteiger partial charge in [0.05, 0.1) is 12.0 Å². The number of urea groups is 1. The lowest BCUT2D eigenvalue weighted by Gasteiger charge is -2.29. The van der Waals surface area contributed by atoms with E-state index in [9.17, 15) is 14.0 Å². The third-order valence-electron chi connectivity index (χ3n) is 4.83. The van der Waals surface area contributed by atoms with Crippen molar-refractivity contribution in [1.82, 2.24) is 25.5 Å². The van der Waals surface area contributed by atoms with E-state index in [0.717, 1.165) is 12.8 Å². The first-order chi connectivity index (χ1) is 13.0. The number of halogens is 1. The van der Waals surface area contributed by atoms with E-state index in [1.165, 1.54) is 12.4 Å². The van der Waals surface area contributed by atoms with E-state index in [0.29, 0.717) is 30.6 Å². The maximum absolute atomic E-state index is 14.3. The molecule has 3 N–H and O–H groups in total. The van der Waals surface area contributed by atoms with Gasteiger partial charge in [-0.15, -0.1) is 0 Å². The van der Waals surface area contributed by atoms with Crippen molar-refractivity contribution in [1.29, 1.82) is 0 Å². The van der Waals surface area contributed by atoms with Crippen molar-refractivity contribution < 1.29 is 14.0 Å². The Hall–Kier alpha value is -2.90. The zero-order valence-electron chi connectivity index (χ0n) is 15.3. The number of benzene rings is 1. The fraction of sp³-hybridized carbons (Fsp3) is 0.421. The van der Waals surface area contributed by atoms with Crippen LogP contribution in [-0.4, -0.2) is 33.6 Å². The second-order valence-corrected chi connectivity index (χ2v) is 6.71. The van der Waals surface area contributed by atoms with Gasteiger partial charge in [0.2, 0.25) is 5.91 Å². The monoisotopic (exact) mass is 373 g/mol. The minimum absolute atomic E-state index is 0.193. The highest BCUT2D eigenvalue weighted by Crippen LogP contribution is 2.30. The van der Waals surface area contributed by atoms with Crippen LogP contribution in [-0.2, 0) is 11.3 Å². The molecule has 1 aromatic heterocycles. The molecule has 1 aromatic carbocycles. The lowest BCUT2D eigenvalue weighted by molar-refractivity contribution is -0.127. The van der Waals surface area contributed by atoms with Gasteiger partial charge in [-0.2, -0.15) is 0 Å². The van der Waals surface area contributed by atoms with Crippen molar-refractivity contribution in [3.05, 3.63) is 48.3 Å². The fourth-order valence-electron chi connectivity index (χ4n) is 3.43. The van der Waals surface area contributed by atoms with Crippen LogP contribution in [0.2, 0.25) is 0 Å². The normalized spacial score (nSPS) is 15.3. The third kappa shape index (κ3) is 4.27. The second kappa shape index (κ2) is 8.20. The summed E-state index contributed by atoms with van der Waals surface area (Å²) in [6, 6.07) is 4.47. The zero-order valence-corrected chi connectivity index (χ0v) is 15.3. The number of nitrogens with one attached hydrogen (secondary N) is 3. The summed E-state index contributed by atoms with van der Waals surface area (Å²) in [6.45, 7) is 2.51. The van der Waals surface area contributed by atoms with Crippen LogP contribution in [0.3, 0.4) is 0 Å². The molecule has 0 radical (unpaired) electrons. The van der Waals surface area contributed by atoms with Gasteiger partial charge in [0.1, 0.15) is 11.4 Å². The van der Waals surface area contributed by atoms with Gasteiger partial charge < -0.3 is 20.5 Å². The summed E-state index contributed by atoms with van der Waals surface area (Å²) < 4.78 is 15.9. The number of rotatable bonds is 6. The molecule has 0 spiro atoms. The van der Waals surface area contributed by atoms with E-state index in [1.54, 1.807) is 29.1 Å². The summed E-state index contributed by atoms with van der Waals surface area (Å²) in [4.78, 5) is 28.6. The third-order valence-corrected chi connectivity index (χ3v) is 4.83. The molecule has 1 aliphatic carbocycles. The molecule has 1 aliphatic rings. The molecule has 3 rings (SSSR count). The quantitative estimate of drug-likeness (QED) is 0.726. The lowest BCUT2D eigenvalue weighted by atomic mass is 9.96. The number of aromatic nitrogens is 2. The Morgan fingerprint density at radius 3 is 2.67 bits per heavy atom. The Kier molecular flexibility index (Phi) is 5.73. The van der Waals surface area contributed by atoms with Gasteiger partial charge in [-0.3, -0.25) is 4.79 Å². The minimum Gasteiger partial charge on any atom is -0.350 e. The number of carbonyl (C=O) groups is 2. The Morgan fingerprint density at radius 1 is 1.26 bits per heavy atom. The molecule has 0 unspecified atom stereocenters. The average Bonchev–Trinajstić information content (AvgIpc) is 3.32. The van der Waals surface area contributed by atoms with Gasteiger partial charge >= 0.3 is 6.03 Å². The molecule has 8 heteroatoms. The van der Waals surface area contributed by atoms with Gasteiger partial charge in [-0.1, -0.05) is 18.9 Å². The number of hydrogen-bond acceptors (Lipinski definition) is 3. The predicted molar refractivity (Wildman–Crippen MR) is 98.8 cm³/mol. The van der Waals surface area contributed by atoms with Crippen LogP contribution in [0.1, 0.15) is 38.2 Å². The predicted octanol–water partition coefficient (Wildman–Crippen LogP) is 2.26. The van der Waals surface area contributed by atoms with Crippen LogP contribution in [0.4, 0.5) is 9.18 Å². The summed E-state index contributed by atoms with van der Waals surface area (Å²) in [5.74, 6) is -0.624. The Labute approximate surface area is 157 Å². The molecule has 2 aromatic rings. The van der Waals surface area contributed by atoms with Gasteiger partial charge in [-0.05, 0) is 37.5 Å². The van der Waals surface area contributed by atoms with E-state index in [2.05, 4.69) is 20.9 Å². The van der Waals surface area contributed by atoms with E-state index < -0.39 is 11.4 Å². The van der Waals surface area contributed by atoms with Crippen molar-refractivity contribution >= 4 is 11.9 Å². The SMILES string of the molecule is CCNC(=O)NC1(C(=O)NCc2ccc(-n3ccnc3)c(F)c2)CCCC1. The number of imidazole rings is 1. The van der Waals surface area contributed by atoms with Crippen LogP contribution < -0.4 is 16.0 Å². The molecular formula is C19H24FN5O2. The first-order valence-corrected chi connectivity index (χ1v) is 9.15. The molecule has 0 atom stereocenters. The Morgan fingerprint density at radius 2 is 2.04 bits per heavy atom. The highest BCUT2D eigenvalue weighted by Gasteiger charge is 2.42. The van der Waals surface area contributed by atoms with E-state index >= 15 is 0 Å². The molecule has 1 saturated carbocycles. The van der Waals surface area contributed by atoms with Crippen molar-refractivity contribution in [3.8, 4) is 5.69 Å². The second-order valence-electron chi connectivity index (χ2n) is 6.71. The lowest BCUT2D eigenvalue weighted by Crippen LogP contribution is -2.59. The first-order valence-electron chi connectivity index (χ1n) is 9.15. The molecule has 27 heavy (non-hydrogen) atoms. The Balaban J connectivity index is 1.65. The molecule has 3 amide bonds. The molecule has 144 valence electrons. The molecule has 0 saturated heterocycles. The number of hydrogen-bond donors (Lipinski definition) is 3. The molecule has 1 heterocycles. The average molecular weight is 373 g/mol. The van der Waals surface area contributed by atoms with Gasteiger partial charge in [0.15, 0.2) is 0 Å². The van der Waals surface area contributed by atoms with Crippen LogP contribution in [0.5, 0.6) is 0 Å². The highest BCUT2D eigenvalue weighted by molar-refractivity contribution is 5.91. The van der Waals surface area contributed by atoms with Gasteiger partial charge in [-0.25, -0.2) is 14.2 Å². The van der Waals surface area contributed by atoms with Crippen molar-refractivity contribution in [2.45, 2.75) is 44.7 Å². The minimum atomic E-state index is -0.894. The van der Waals surface area contributed by atoms with Crippen molar-refractivity contribution in [3.63, 3.8) is 0 Å². The van der Waals surface area contributed by atoms with Crippen LogP contribution >= 0.6 is 0 Å². The maximum atomic E-state index is 14.3. The summed E-state index contributed by atoms with van der Waals surface area (Å²) in [5, 5.41) is 8.33. The molecule has 7 nitrogen and oxygen atoms in total. The molecule has 0 bridgehead atoms. The van der Waals surface area contributed by atoms with E-state index in [-0.39, 0.29) is 18.5 Å². The summed E-state index contributed by atoms with van der Waals surface area (Å²) in [7, 11) is 0. The highest BCUT2D eigenvalue weighted by atomic mass is 19.1. The maximum Gasteiger partial charge on any atom is 0.315 e. The molecular weight excluding hydrogens is 349 g/mol. The standard InChI is InChI=1S/C19H24FN5O2/c1-2-22-18(27)24-19(7-3-4-8-19)17(26)23-12-14-5-6-16(15(20)11-14)25-10-9-21-13-25/h5-6,9-11,13H,2-4,7-8,12H2,1H3,(H,23,26)(H2,22,24,27). The van der Waals surface area contributed by atoms with Crippen LogP contribution in [0.15, 0.2) is 36.9 Å². The number of nitrogens with zero attached hydrogens (tertiary/aromatic N) is 2. The van der Waals surface area contributed by atoms with Crippen LogP contribution in [0.25, 0.3) is 5.69 Å².